The van der Waals surface area contributed by atoms with Gasteiger partial charge in [-0.3, -0.25) is 4.98 Å². The predicted molar refractivity (Wildman–Crippen MR) is 71.9 cm³/mol. The molecular weight excluding hydrogens is 226 g/mol. The first-order chi connectivity index (χ1) is 8.72. The Morgan fingerprint density at radius 1 is 1.17 bits per heavy atom. The average Bonchev–Trinajstić information content (AvgIpc) is 2.41. The van der Waals surface area contributed by atoms with Gasteiger partial charge in [-0.15, -0.1) is 0 Å². The Kier molecular flexibility index (Phi) is 3.75. The van der Waals surface area contributed by atoms with Crippen LogP contribution in [-0.2, 0) is 6.61 Å². The normalized spacial score (nSPS) is 11.0. The van der Waals surface area contributed by atoms with E-state index >= 15 is 0 Å². The number of aromatic nitrogens is 1. The maximum Gasteiger partial charge on any atom is 0.142 e. The van der Waals surface area contributed by atoms with Crippen molar-refractivity contribution in [2.24, 2.45) is 0 Å². The Hall–Kier alpha value is -2.13. The summed E-state index contributed by atoms with van der Waals surface area (Å²) >= 11 is 0. The van der Waals surface area contributed by atoms with Crippen LogP contribution in [0.4, 0.5) is 0 Å². The van der Waals surface area contributed by atoms with E-state index < -0.39 is 0 Å². The molecule has 0 radical (unpaired) electrons. The van der Waals surface area contributed by atoms with E-state index in [2.05, 4.69) is 4.98 Å². The molecule has 2 aromatic rings. The van der Waals surface area contributed by atoms with Crippen LogP contribution in [-0.4, -0.2) is 15.2 Å². The van der Waals surface area contributed by atoms with Gasteiger partial charge in [0.1, 0.15) is 5.75 Å². The topological polar surface area (TPSA) is 53.4 Å². The highest BCUT2D eigenvalue weighted by Crippen LogP contribution is 2.25. The summed E-state index contributed by atoms with van der Waals surface area (Å²) in [5.74, 6) is 0.0627. The van der Waals surface area contributed by atoms with Crippen LogP contribution < -0.4 is 0 Å². The van der Waals surface area contributed by atoms with Crippen molar-refractivity contribution in [3.63, 3.8) is 0 Å². The Labute approximate surface area is 106 Å². The number of aliphatic hydroxyl groups is 1. The lowest BCUT2D eigenvalue weighted by Crippen LogP contribution is -1.94. The second kappa shape index (κ2) is 5.47. The van der Waals surface area contributed by atoms with Crippen molar-refractivity contribution in [1.82, 2.24) is 4.98 Å². The van der Waals surface area contributed by atoms with Crippen LogP contribution in [0.1, 0.15) is 22.4 Å². The van der Waals surface area contributed by atoms with Crippen molar-refractivity contribution in [1.29, 1.82) is 0 Å². The minimum absolute atomic E-state index is 0.0627. The summed E-state index contributed by atoms with van der Waals surface area (Å²) in [4.78, 5) is 4.09. The Morgan fingerprint density at radius 2 is 1.89 bits per heavy atom. The third-order valence-electron chi connectivity index (χ3n) is 2.79. The second-order valence-electron chi connectivity index (χ2n) is 4.03. The maximum atomic E-state index is 9.82. The SMILES string of the molecule is Cc1ncc(/C=C/c2ccccc2)c(CO)c1O. The van der Waals surface area contributed by atoms with E-state index in [4.69, 9.17) is 0 Å². The molecule has 3 nitrogen and oxygen atoms in total. The highest BCUT2D eigenvalue weighted by Gasteiger charge is 2.08. The largest absolute Gasteiger partial charge is 0.506 e. The molecule has 0 bridgehead atoms. The van der Waals surface area contributed by atoms with Gasteiger partial charge in [0.2, 0.25) is 0 Å². The van der Waals surface area contributed by atoms with Crippen molar-refractivity contribution in [3.05, 3.63) is 58.9 Å². The molecule has 0 saturated carbocycles. The molecule has 0 aliphatic heterocycles. The number of aromatic hydroxyl groups is 1. The second-order valence-corrected chi connectivity index (χ2v) is 4.03. The smallest absolute Gasteiger partial charge is 0.142 e. The van der Waals surface area contributed by atoms with Crippen LogP contribution in [0.5, 0.6) is 5.75 Å². The quantitative estimate of drug-likeness (QED) is 0.868. The van der Waals surface area contributed by atoms with E-state index in [-0.39, 0.29) is 12.4 Å². The number of rotatable bonds is 3. The van der Waals surface area contributed by atoms with Crippen LogP contribution in [0.25, 0.3) is 12.2 Å². The minimum Gasteiger partial charge on any atom is -0.506 e. The number of aryl methyl sites for hydroxylation is 1. The lowest BCUT2D eigenvalue weighted by Gasteiger charge is -2.07. The molecule has 1 aromatic heterocycles. The first kappa shape index (κ1) is 12.3. The molecule has 0 aliphatic carbocycles. The highest BCUT2D eigenvalue weighted by molar-refractivity contribution is 5.71. The third-order valence-corrected chi connectivity index (χ3v) is 2.79. The van der Waals surface area contributed by atoms with Gasteiger partial charge in [-0.05, 0) is 12.5 Å². The molecule has 0 saturated heterocycles. The van der Waals surface area contributed by atoms with E-state index in [0.717, 1.165) is 11.1 Å². The summed E-state index contributed by atoms with van der Waals surface area (Å²) in [5.41, 5.74) is 2.82. The Morgan fingerprint density at radius 3 is 2.56 bits per heavy atom. The zero-order valence-electron chi connectivity index (χ0n) is 10.2. The van der Waals surface area contributed by atoms with Gasteiger partial charge in [-0.25, -0.2) is 0 Å². The molecule has 1 aromatic carbocycles. The lowest BCUT2D eigenvalue weighted by atomic mass is 10.1. The summed E-state index contributed by atoms with van der Waals surface area (Å²) in [6.45, 7) is 1.50. The zero-order chi connectivity index (χ0) is 13.0. The fraction of sp³-hybridized carbons (Fsp3) is 0.133. The Bertz CT molecular complexity index is 562. The molecule has 2 rings (SSSR count). The molecule has 0 amide bonds. The molecule has 0 atom stereocenters. The van der Waals surface area contributed by atoms with Crippen molar-refractivity contribution < 1.29 is 10.2 Å². The third kappa shape index (κ3) is 2.57. The van der Waals surface area contributed by atoms with Gasteiger partial charge in [0, 0.05) is 17.3 Å². The lowest BCUT2D eigenvalue weighted by molar-refractivity contribution is 0.274. The van der Waals surface area contributed by atoms with Gasteiger partial charge in [-0.1, -0.05) is 42.5 Å². The number of pyridine rings is 1. The van der Waals surface area contributed by atoms with Crippen LogP contribution >= 0.6 is 0 Å². The first-order valence-corrected chi connectivity index (χ1v) is 5.74. The molecule has 1 heterocycles. The van der Waals surface area contributed by atoms with Crippen LogP contribution in [0.2, 0.25) is 0 Å². The Balaban J connectivity index is 2.35. The zero-order valence-corrected chi connectivity index (χ0v) is 10.2. The van der Waals surface area contributed by atoms with Crippen LogP contribution in [0, 0.1) is 6.92 Å². The van der Waals surface area contributed by atoms with Crippen molar-refractivity contribution >= 4 is 12.2 Å². The van der Waals surface area contributed by atoms with Gasteiger partial charge in [0.15, 0.2) is 0 Å². The summed E-state index contributed by atoms with van der Waals surface area (Å²) in [7, 11) is 0. The summed E-state index contributed by atoms with van der Waals surface area (Å²) in [5, 5.41) is 19.1. The fourth-order valence-corrected chi connectivity index (χ4v) is 1.72. The van der Waals surface area contributed by atoms with E-state index in [1.807, 2.05) is 42.5 Å². The van der Waals surface area contributed by atoms with Gasteiger partial charge in [-0.2, -0.15) is 0 Å². The molecule has 0 spiro atoms. The molecule has 2 N–H and O–H groups in total. The molecule has 0 unspecified atom stereocenters. The standard InChI is InChI=1S/C15H15NO2/c1-11-15(18)14(10-17)13(9-16-11)8-7-12-5-3-2-4-6-12/h2-9,17-18H,10H2,1H3/b8-7+. The van der Waals surface area contributed by atoms with Gasteiger partial charge in [0.25, 0.3) is 0 Å². The van der Waals surface area contributed by atoms with E-state index in [1.165, 1.54) is 0 Å². The number of hydrogen-bond acceptors (Lipinski definition) is 3. The van der Waals surface area contributed by atoms with Crippen molar-refractivity contribution in [2.75, 3.05) is 0 Å². The predicted octanol–water partition coefficient (Wildman–Crippen LogP) is 2.76. The van der Waals surface area contributed by atoms with Crippen LogP contribution in [0.15, 0.2) is 36.5 Å². The van der Waals surface area contributed by atoms with Crippen LogP contribution in [0.3, 0.4) is 0 Å². The number of nitrogens with zero attached hydrogens (tertiary/aromatic N) is 1. The maximum absolute atomic E-state index is 9.82. The number of aliphatic hydroxyl groups excluding tert-OH is 1. The monoisotopic (exact) mass is 241 g/mol. The first-order valence-electron chi connectivity index (χ1n) is 5.74. The van der Waals surface area contributed by atoms with Gasteiger partial charge < -0.3 is 10.2 Å². The van der Waals surface area contributed by atoms with E-state index in [0.29, 0.717) is 11.3 Å². The van der Waals surface area contributed by atoms with E-state index in [9.17, 15) is 10.2 Å². The van der Waals surface area contributed by atoms with Gasteiger partial charge in [0.05, 0.1) is 12.3 Å². The molecule has 0 fully saturated rings. The molecule has 3 heteroatoms. The summed E-state index contributed by atoms with van der Waals surface area (Å²) in [6.07, 6.45) is 5.41. The fourth-order valence-electron chi connectivity index (χ4n) is 1.72. The van der Waals surface area contributed by atoms with Crippen molar-refractivity contribution in [3.8, 4) is 5.75 Å². The summed E-state index contributed by atoms with van der Waals surface area (Å²) in [6, 6.07) is 9.83. The molecular formula is C15H15NO2. The molecule has 0 aliphatic rings. The molecule has 18 heavy (non-hydrogen) atoms. The minimum atomic E-state index is -0.205. The highest BCUT2D eigenvalue weighted by atomic mass is 16.3. The molecule has 92 valence electrons. The summed E-state index contributed by atoms with van der Waals surface area (Å²) < 4.78 is 0. The number of hydrogen-bond donors (Lipinski definition) is 2. The van der Waals surface area contributed by atoms with E-state index in [1.54, 1.807) is 13.1 Å². The number of benzene rings is 1. The van der Waals surface area contributed by atoms with Crippen molar-refractivity contribution in [2.45, 2.75) is 13.5 Å². The average molecular weight is 241 g/mol. The van der Waals surface area contributed by atoms with Gasteiger partial charge >= 0.3 is 0 Å².